The Balaban J connectivity index is 2.58. The van der Waals surface area contributed by atoms with Crippen LogP contribution in [0.3, 0.4) is 0 Å². The van der Waals surface area contributed by atoms with Gasteiger partial charge < -0.3 is 5.11 Å². The van der Waals surface area contributed by atoms with Crippen LogP contribution in [-0.4, -0.2) is 22.2 Å². The van der Waals surface area contributed by atoms with Gasteiger partial charge in [0.25, 0.3) is 0 Å². The van der Waals surface area contributed by atoms with Crippen LogP contribution in [0.1, 0.15) is 26.2 Å². The highest BCUT2D eigenvalue weighted by atomic mass is 16.6. The van der Waals surface area contributed by atoms with Crippen molar-refractivity contribution in [2.24, 2.45) is 5.92 Å². The van der Waals surface area contributed by atoms with E-state index in [2.05, 4.69) is 0 Å². The molecule has 0 aromatic carbocycles. The van der Waals surface area contributed by atoms with Crippen molar-refractivity contribution in [1.82, 2.24) is 0 Å². The molecule has 1 fully saturated rings. The Hall–Kier alpha value is -0.640. The van der Waals surface area contributed by atoms with Gasteiger partial charge in [-0.05, 0) is 18.8 Å². The molecule has 0 bridgehead atoms. The molecule has 4 heteroatoms. The van der Waals surface area contributed by atoms with E-state index in [4.69, 9.17) is 0 Å². The van der Waals surface area contributed by atoms with Crippen LogP contribution in [0.5, 0.6) is 0 Å². The highest BCUT2D eigenvalue weighted by molar-refractivity contribution is 4.78. The molecule has 3 unspecified atom stereocenters. The second-order valence-corrected chi connectivity index (χ2v) is 3.25. The third-order valence-electron chi connectivity index (χ3n) is 2.41. The van der Waals surface area contributed by atoms with E-state index in [0.29, 0.717) is 6.42 Å². The fraction of sp³-hybridized carbons (Fsp3) is 1.00. The summed E-state index contributed by atoms with van der Waals surface area (Å²) in [5.41, 5.74) is 0. The summed E-state index contributed by atoms with van der Waals surface area (Å²) in [6.07, 6.45) is 1.56. The van der Waals surface area contributed by atoms with Crippen molar-refractivity contribution in [1.29, 1.82) is 0 Å². The smallest absolute Gasteiger partial charge is 0.238 e. The van der Waals surface area contributed by atoms with Gasteiger partial charge in [-0.2, -0.15) is 0 Å². The Kier molecular flexibility index (Phi) is 2.44. The Labute approximate surface area is 65.4 Å². The number of hydrogen-bond donors (Lipinski definition) is 1. The summed E-state index contributed by atoms with van der Waals surface area (Å²) < 4.78 is 0. The van der Waals surface area contributed by atoms with E-state index in [1.54, 1.807) is 0 Å². The minimum Gasteiger partial charge on any atom is -0.386 e. The Morgan fingerprint density at radius 3 is 2.64 bits per heavy atom. The van der Waals surface area contributed by atoms with E-state index in [-0.39, 0.29) is 10.8 Å². The van der Waals surface area contributed by atoms with Gasteiger partial charge in [0.05, 0.1) is 0 Å². The second kappa shape index (κ2) is 3.17. The monoisotopic (exact) mass is 159 g/mol. The molecule has 0 heterocycles. The van der Waals surface area contributed by atoms with E-state index >= 15 is 0 Å². The van der Waals surface area contributed by atoms with E-state index in [9.17, 15) is 15.2 Å². The van der Waals surface area contributed by atoms with E-state index in [0.717, 1.165) is 12.8 Å². The van der Waals surface area contributed by atoms with Crippen LogP contribution in [0.15, 0.2) is 0 Å². The molecule has 64 valence electrons. The lowest BCUT2D eigenvalue weighted by Crippen LogP contribution is -2.41. The van der Waals surface area contributed by atoms with Crippen LogP contribution in [-0.2, 0) is 0 Å². The first-order valence-electron chi connectivity index (χ1n) is 3.94. The molecule has 0 radical (unpaired) electrons. The lowest BCUT2D eigenvalue weighted by molar-refractivity contribution is -0.539. The van der Waals surface area contributed by atoms with Crippen LogP contribution in [0.4, 0.5) is 0 Å². The van der Waals surface area contributed by atoms with Crippen LogP contribution in [0.2, 0.25) is 0 Å². The maximum absolute atomic E-state index is 10.4. The van der Waals surface area contributed by atoms with Crippen molar-refractivity contribution in [2.75, 3.05) is 0 Å². The minimum absolute atomic E-state index is 0.0825. The molecule has 11 heavy (non-hydrogen) atoms. The van der Waals surface area contributed by atoms with Crippen molar-refractivity contribution in [3.8, 4) is 0 Å². The average molecular weight is 159 g/mol. The first kappa shape index (κ1) is 8.46. The van der Waals surface area contributed by atoms with Crippen molar-refractivity contribution in [3.05, 3.63) is 10.1 Å². The highest BCUT2D eigenvalue weighted by Crippen LogP contribution is 2.25. The third kappa shape index (κ3) is 1.68. The largest absolute Gasteiger partial charge is 0.386 e. The number of rotatable bonds is 1. The van der Waals surface area contributed by atoms with Gasteiger partial charge in [0, 0.05) is 11.3 Å². The first-order valence-corrected chi connectivity index (χ1v) is 3.94. The number of aliphatic hydroxyl groups is 1. The molecule has 1 N–H and O–H groups in total. The van der Waals surface area contributed by atoms with E-state index in [1.807, 2.05) is 6.92 Å². The number of nitro groups is 1. The SMILES string of the molecule is CC1CCCC([N+](=O)[O-])C1O. The fourth-order valence-electron chi connectivity index (χ4n) is 1.60. The maximum Gasteiger partial charge on any atom is 0.238 e. The van der Waals surface area contributed by atoms with Crippen LogP contribution >= 0.6 is 0 Å². The molecule has 1 rings (SSSR count). The lowest BCUT2D eigenvalue weighted by atomic mass is 9.84. The molecule has 0 saturated heterocycles. The van der Waals surface area contributed by atoms with Gasteiger partial charge >= 0.3 is 0 Å². The number of aliphatic hydroxyl groups excluding tert-OH is 1. The summed E-state index contributed by atoms with van der Waals surface area (Å²) in [7, 11) is 0. The summed E-state index contributed by atoms with van der Waals surface area (Å²) in [5.74, 6) is 0.0825. The zero-order valence-corrected chi connectivity index (χ0v) is 6.56. The molecule has 0 aromatic heterocycles. The zero-order valence-electron chi connectivity index (χ0n) is 6.56. The second-order valence-electron chi connectivity index (χ2n) is 3.25. The van der Waals surface area contributed by atoms with Crippen LogP contribution in [0, 0.1) is 16.0 Å². The molecule has 1 saturated carbocycles. The Morgan fingerprint density at radius 2 is 2.18 bits per heavy atom. The highest BCUT2D eigenvalue weighted by Gasteiger charge is 2.36. The van der Waals surface area contributed by atoms with Crippen LogP contribution in [0.25, 0.3) is 0 Å². The molecule has 0 aromatic rings. The van der Waals surface area contributed by atoms with Gasteiger partial charge in [-0.1, -0.05) is 6.92 Å². The van der Waals surface area contributed by atoms with Gasteiger partial charge in [-0.3, -0.25) is 10.1 Å². The molecule has 0 spiro atoms. The van der Waals surface area contributed by atoms with Crippen molar-refractivity contribution >= 4 is 0 Å². The summed E-state index contributed by atoms with van der Waals surface area (Å²) in [6.45, 7) is 1.86. The molecule has 4 nitrogen and oxygen atoms in total. The molecular formula is C7H13NO3. The van der Waals surface area contributed by atoms with Crippen molar-refractivity contribution in [3.63, 3.8) is 0 Å². The molecular weight excluding hydrogens is 146 g/mol. The number of hydrogen-bond acceptors (Lipinski definition) is 3. The normalized spacial score (nSPS) is 38.5. The minimum atomic E-state index is -0.737. The Bertz CT molecular complexity index is 160. The third-order valence-corrected chi connectivity index (χ3v) is 2.41. The van der Waals surface area contributed by atoms with Crippen molar-refractivity contribution in [2.45, 2.75) is 38.3 Å². The summed E-state index contributed by atoms with van der Waals surface area (Å²) >= 11 is 0. The molecule has 1 aliphatic rings. The standard InChI is InChI=1S/C7H13NO3/c1-5-3-2-4-6(7(5)9)8(10)11/h5-7,9H,2-4H2,1H3. The summed E-state index contributed by atoms with van der Waals surface area (Å²) in [6, 6.07) is -0.723. The zero-order chi connectivity index (χ0) is 8.43. The Morgan fingerprint density at radius 1 is 1.55 bits per heavy atom. The number of nitrogens with zero attached hydrogens (tertiary/aromatic N) is 1. The summed E-state index contributed by atoms with van der Waals surface area (Å²) in [5, 5.41) is 19.7. The van der Waals surface area contributed by atoms with Gasteiger partial charge in [0.15, 0.2) is 0 Å². The summed E-state index contributed by atoms with van der Waals surface area (Å²) in [4.78, 5) is 10.00. The predicted octanol–water partition coefficient (Wildman–Crippen LogP) is 0.813. The quantitative estimate of drug-likeness (QED) is 0.455. The van der Waals surface area contributed by atoms with Crippen LogP contribution < -0.4 is 0 Å². The van der Waals surface area contributed by atoms with Crippen molar-refractivity contribution < 1.29 is 10.0 Å². The molecule has 3 atom stereocenters. The fourth-order valence-corrected chi connectivity index (χ4v) is 1.60. The first-order chi connectivity index (χ1) is 5.13. The maximum atomic E-state index is 10.4. The topological polar surface area (TPSA) is 63.4 Å². The molecule has 0 aliphatic heterocycles. The molecule has 1 aliphatic carbocycles. The molecule has 0 amide bonds. The lowest BCUT2D eigenvalue weighted by Gasteiger charge is -2.26. The van der Waals surface area contributed by atoms with Gasteiger partial charge in [0.2, 0.25) is 6.04 Å². The predicted molar refractivity (Wildman–Crippen MR) is 39.8 cm³/mol. The average Bonchev–Trinajstić information content (AvgIpc) is 1.94. The van der Waals surface area contributed by atoms with E-state index < -0.39 is 12.1 Å². The van der Waals surface area contributed by atoms with Gasteiger partial charge in [-0.25, -0.2) is 0 Å². The van der Waals surface area contributed by atoms with Gasteiger partial charge in [0.1, 0.15) is 6.10 Å². The van der Waals surface area contributed by atoms with E-state index in [1.165, 1.54) is 0 Å². The van der Waals surface area contributed by atoms with Gasteiger partial charge in [-0.15, -0.1) is 0 Å².